The third-order valence-electron chi connectivity index (χ3n) is 4.56. The van der Waals surface area contributed by atoms with Gasteiger partial charge in [0.15, 0.2) is 0 Å². The Morgan fingerprint density at radius 1 is 1.16 bits per heavy atom. The molecular weight excluding hydrogens is 270 g/mol. The topological polar surface area (TPSA) is 12.0 Å². The maximum atomic E-state index is 3.92. The third-order valence-corrected chi connectivity index (χ3v) is 6.91. The van der Waals surface area contributed by atoms with Crippen molar-refractivity contribution in [3.8, 4) is 0 Å². The summed E-state index contributed by atoms with van der Waals surface area (Å²) in [7, 11) is 0. The lowest BCUT2D eigenvalue weighted by Crippen LogP contribution is -2.33. The van der Waals surface area contributed by atoms with Crippen LogP contribution in [0.1, 0.15) is 55.9 Å². The normalized spacial score (nSPS) is 26.6. The van der Waals surface area contributed by atoms with Gasteiger partial charge < -0.3 is 5.32 Å². The first-order valence-electron chi connectivity index (χ1n) is 7.82. The van der Waals surface area contributed by atoms with Gasteiger partial charge in [-0.3, -0.25) is 0 Å². The van der Waals surface area contributed by atoms with E-state index in [0.717, 1.165) is 11.2 Å². The number of thioether (sulfide) groups is 1. The van der Waals surface area contributed by atoms with E-state index in [0.29, 0.717) is 6.04 Å². The van der Waals surface area contributed by atoms with Crippen LogP contribution in [0.25, 0.3) is 0 Å². The van der Waals surface area contributed by atoms with Crippen molar-refractivity contribution in [2.75, 3.05) is 12.3 Å². The number of nitrogens with one attached hydrogen (secondary N) is 1. The molecule has 3 rings (SSSR count). The average molecular weight is 296 g/mol. The molecule has 1 aromatic rings. The van der Waals surface area contributed by atoms with Crippen molar-refractivity contribution >= 4 is 23.1 Å². The van der Waals surface area contributed by atoms with E-state index in [1.807, 2.05) is 11.3 Å². The Balaban J connectivity index is 1.58. The molecule has 1 aliphatic carbocycles. The van der Waals surface area contributed by atoms with Gasteiger partial charge in [-0.15, -0.1) is 11.3 Å². The van der Waals surface area contributed by atoms with Gasteiger partial charge in [0.1, 0.15) is 0 Å². The molecule has 0 amide bonds. The van der Waals surface area contributed by atoms with Gasteiger partial charge in [0, 0.05) is 22.7 Å². The van der Waals surface area contributed by atoms with Crippen LogP contribution < -0.4 is 5.32 Å². The zero-order valence-corrected chi connectivity index (χ0v) is 13.3. The first-order valence-corrected chi connectivity index (χ1v) is 9.75. The standard InChI is InChI=1S/C16H25NS2/c1-2-7-13(6-1)16(15-9-5-11-19-15)17-12-14-8-3-4-10-18-14/h5,9,11,13-14,16-17H,1-4,6-8,10,12H2. The molecule has 1 aromatic heterocycles. The van der Waals surface area contributed by atoms with E-state index in [4.69, 9.17) is 0 Å². The molecule has 106 valence electrons. The number of thiophene rings is 1. The van der Waals surface area contributed by atoms with Crippen LogP contribution in [-0.2, 0) is 0 Å². The zero-order valence-electron chi connectivity index (χ0n) is 11.6. The quantitative estimate of drug-likeness (QED) is 0.833. The molecule has 0 bridgehead atoms. The fourth-order valence-corrected chi connectivity index (χ4v) is 5.63. The Labute approximate surface area is 125 Å². The maximum absolute atomic E-state index is 3.92. The second-order valence-electron chi connectivity index (χ2n) is 5.93. The van der Waals surface area contributed by atoms with Crippen LogP contribution in [0.3, 0.4) is 0 Å². The molecule has 19 heavy (non-hydrogen) atoms. The molecule has 2 heterocycles. The van der Waals surface area contributed by atoms with E-state index >= 15 is 0 Å². The summed E-state index contributed by atoms with van der Waals surface area (Å²) in [6.45, 7) is 1.21. The lowest BCUT2D eigenvalue weighted by Gasteiger charge is -2.28. The van der Waals surface area contributed by atoms with E-state index in [1.54, 1.807) is 4.88 Å². The monoisotopic (exact) mass is 295 g/mol. The molecule has 1 N–H and O–H groups in total. The van der Waals surface area contributed by atoms with Crippen LogP contribution in [0, 0.1) is 5.92 Å². The molecule has 1 aliphatic heterocycles. The van der Waals surface area contributed by atoms with Gasteiger partial charge in [0.2, 0.25) is 0 Å². The van der Waals surface area contributed by atoms with Crippen LogP contribution in [0.5, 0.6) is 0 Å². The Morgan fingerprint density at radius 3 is 2.68 bits per heavy atom. The molecule has 0 aromatic carbocycles. The molecule has 2 aliphatic rings. The van der Waals surface area contributed by atoms with Crippen LogP contribution in [0.15, 0.2) is 17.5 Å². The van der Waals surface area contributed by atoms with Gasteiger partial charge in [-0.25, -0.2) is 0 Å². The van der Waals surface area contributed by atoms with Crippen LogP contribution >= 0.6 is 23.1 Å². The highest BCUT2D eigenvalue weighted by Gasteiger charge is 2.27. The van der Waals surface area contributed by atoms with E-state index in [2.05, 4.69) is 34.6 Å². The highest BCUT2D eigenvalue weighted by molar-refractivity contribution is 7.99. The Bertz CT molecular complexity index is 351. The second kappa shape index (κ2) is 7.14. The number of hydrogen-bond donors (Lipinski definition) is 1. The predicted molar refractivity (Wildman–Crippen MR) is 87.1 cm³/mol. The molecular formula is C16H25NS2. The Hall–Kier alpha value is 0.01000. The van der Waals surface area contributed by atoms with Gasteiger partial charge in [-0.1, -0.05) is 25.3 Å². The lowest BCUT2D eigenvalue weighted by atomic mass is 9.96. The summed E-state index contributed by atoms with van der Waals surface area (Å²) >= 11 is 4.12. The van der Waals surface area contributed by atoms with E-state index in [9.17, 15) is 0 Å². The van der Waals surface area contributed by atoms with Crippen LogP contribution in [0.2, 0.25) is 0 Å². The first kappa shape index (κ1) is 14.0. The van der Waals surface area contributed by atoms with E-state index in [1.165, 1.54) is 57.2 Å². The Morgan fingerprint density at radius 2 is 2.00 bits per heavy atom. The zero-order chi connectivity index (χ0) is 12.9. The maximum Gasteiger partial charge on any atom is 0.0443 e. The molecule has 2 fully saturated rings. The van der Waals surface area contributed by atoms with E-state index < -0.39 is 0 Å². The van der Waals surface area contributed by atoms with E-state index in [-0.39, 0.29) is 0 Å². The van der Waals surface area contributed by atoms with Gasteiger partial charge in [-0.2, -0.15) is 11.8 Å². The van der Waals surface area contributed by atoms with Crippen molar-refractivity contribution in [3.05, 3.63) is 22.4 Å². The molecule has 2 atom stereocenters. The minimum absolute atomic E-state index is 0.630. The Kier molecular flexibility index (Phi) is 5.25. The number of rotatable bonds is 5. The SMILES string of the molecule is c1csc(C(NCC2CCCCS2)C2CCCC2)c1. The summed E-state index contributed by atoms with van der Waals surface area (Å²) in [5.74, 6) is 2.26. The van der Waals surface area contributed by atoms with Crippen molar-refractivity contribution in [1.29, 1.82) is 0 Å². The molecule has 3 heteroatoms. The average Bonchev–Trinajstić information content (AvgIpc) is 3.13. The van der Waals surface area contributed by atoms with Crippen molar-refractivity contribution in [2.24, 2.45) is 5.92 Å². The second-order valence-corrected chi connectivity index (χ2v) is 8.32. The highest BCUT2D eigenvalue weighted by Crippen LogP contribution is 2.37. The fraction of sp³-hybridized carbons (Fsp3) is 0.750. The van der Waals surface area contributed by atoms with Crippen molar-refractivity contribution in [2.45, 2.75) is 56.2 Å². The summed E-state index contributed by atoms with van der Waals surface area (Å²) in [6.07, 6.45) is 10.0. The minimum atomic E-state index is 0.630. The number of hydrogen-bond acceptors (Lipinski definition) is 3. The van der Waals surface area contributed by atoms with Crippen LogP contribution in [0.4, 0.5) is 0 Å². The first-order chi connectivity index (χ1) is 9.43. The summed E-state index contributed by atoms with van der Waals surface area (Å²) in [5.41, 5.74) is 0. The smallest absolute Gasteiger partial charge is 0.0443 e. The summed E-state index contributed by atoms with van der Waals surface area (Å²) in [6, 6.07) is 5.17. The van der Waals surface area contributed by atoms with Gasteiger partial charge in [0.25, 0.3) is 0 Å². The minimum Gasteiger partial charge on any atom is -0.308 e. The highest BCUT2D eigenvalue weighted by atomic mass is 32.2. The lowest BCUT2D eigenvalue weighted by molar-refractivity contribution is 0.370. The molecule has 0 spiro atoms. The van der Waals surface area contributed by atoms with Gasteiger partial charge >= 0.3 is 0 Å². The molecule has 1 saturated carbocycles. The summed E-state index contributed by atoms with van der Waals surface area (Å²) < 4.78 is 0. The third kappa shape index (κ3) is 3.77. The van der Waals surface area contributed by atoms with Crippen LogP contribution in [-0.4, -0.2) is 17.5 Å². The summed E-state index contributed by atoms with van der Waals surface area (Å²) in [5, 5.41) is 7.01. The van der Waals surface area contributed by atoms with Crippen molar-refractivity contribution < 1.29 is 0 Å². The molecule has 1 saturated heterocycles. The van der Waals surface area contributed by atoms with Crippen molar-refractivity contribution in [1.82, 2.24) is 5.32 Å². The molecule has 2 unspecified atom stereocenters. The van der Waals surface area contributed by atoms with Crippen molar-refractivity contribution in [3.63, 3.8) is 0 Å². The largest absolute Gasteiger partial charge is 0.308 e. The summed E-state index contributed by atoms with van der Waals surface area (Å²) in [4.78, 5) is 1.56. The molecule has 0 radical (unpaired) electrons. The van der Waals surface area contributed by atoms with Gasteiger partial charge in [-0.05, 0) is 48.8 Å². The fourth-order valence-electron chi connectivity index (χ4n) is 3.49. The van der Waals surface area contributed by atoms with Gasteiger partial charge in [0.05, 0.1) is 0 Å². The predicted octanol–water partition coefficient (Wildman–Crippen LogP) is 4.85. The molecule has 1 nitrogen and oxygen atoms in total.